The molecule has 100 valence electrons. The van der Waals surface area contributed by atoms with Gasteiger partial charge in [-0.3, -0.25) is 0 Å². The molecule has 0 spiro atoms. The van der Waals surface area contributed by atoms with E-state index in [1.165, 1.54) is 6.07 Å². The van der Waals surface area contributed by atoms with E-state index in [0.29, 0.717) is 22.6 Å². The van der Waals surface area contributed by atoms with E-state index in [0.717, 1.165) is 10.9 Å². The molecule has 4 N–H and O–H groups in total. The normalized spacial score (nSPS) is 10.9. The second kappa shape index (κ2) is 4.86. The first-order valence-electron chi connectivity index (χ1n) is 6.20. The van der Waals surface area contributed by atoms with Crippen molar-refractivity contribution in [3.63, 3.8) is 0 Å². The molecule has 0 aliphatic carbocycles. The van der Waals surface area contributed by atoms with Gasteiger partial charge in [0, 0.05) is 29.3 Å². The maximum absolute atomic E-state index is 13.8. The van der Waals surface area contributed by atoms with Crippen LogP contribution in [0.5, 0.6) is 0 Å². The quantitative estimate of drug-likeness (QED) is 0.748. The summed E-state index contributed by atoms with van der Waals surface area (Å²) in [7, 11) is 0. The number of rotatable bonds is 2. The summed E-state index contributed by atoms with van der Waals surface area (Å²) in [4.78, 5) is 8.53. The van der Waals surface area contributed by atoms with E-state index < -0.39 is 0 Å². The lowest BCUT2D eigenvalue weighted by molar-refractivity contribution is 0.640. The Bertz CT molecular complexity index is 786. The van der Waals surface area contributed by atoms with Crippen molar-refractivity contribution in [1.82, 2.24) is 9.97 Å². The van der Waals surface area contributed by atoms with Crippen LogP contribution in [0.4, 0.5) is 10.2 Å². The molecule has 0 aliphatic heterocycles. The van der Waals surface area contributed by atoms with Crippen LogP contribution < -0.4 is 11.5 Å². The number of fused-ring (bicyclic) bond motifs is 1. The van der Waals surface area contributed by atoms with Crippen LogP contribution in [-0.2, 0) is 6.54 Å². The molecule has 0 aliphatic rings. The van der Waals surface area contributed by atoms with E-state index in [2.05, 4.69) is 9.97 Å². The lowest BCUT2D eigenvalue weighted by Crippen LogP contribution is -2.05. The summed E-state index contributed by atoms with van der Waals surface area (Å²) in [6.45, 7) is 0.288. The van der Waals surface area contributed by atoms with Crippen molar-refractivity contribution in [2.75, 3.05) is 5.73 Å². The Hall–Kier alpha value is -2.53. The number of hydrogen-bond donors (Lipinski definition) is 2. The number of nitrogen functional groups attached to an aromatic ring is 1. The molecule has 4 nitrogen and oxygen atoms in total. The van der Waals surface area contributed by atoms with Crippen LogP contribution >= 0.6 is 0 Å². The van der Waals surface area contributed by atoms with E-state index in [9.17, 15) is 4.39 Å². The van der Waals surface area contributed by atoms with Crippen LogP contribution in [0.15, 0.2) is 42.6 Å². The fraction of sp³-hybridized carbons (Fsp3) is 0.0667. The SMILES string of the molecule is NCc1cnc(-c2ccc(F)c3ccccc23)nc1N. The highest BCUT2D eigenvalue weighted by atomic mass is 19.1. The summed E-state index contributed by atoms with van der Waals surface area (Å²) in [5, 5.41) is 1.29. The van der Waals surface area contributed by atoms with Gasteiger partial charge in [-0.2, -0.15) is 0 Å². The number of hydrogen-bond acceptors (Lipinski definition) is 4. The Balaban J connectivity index is 2.25. The van der Waals surface area contributed by atoms with Gasteiger partial charge in [-0.25, -0.2) is 14.4 Å². The van der Waals surface area contributed by atoms with Crippen molar-refractivity contribution in [2.24, 2.45) is 5.73 Å². The molecule has 0 unspecified atom stereocenters. The minimum Gasteiger partial charge on any atom is -0.383 e. The van der Waals surface area contributed by atoms with E-state index >= 15 is 0 Å². The summed E-state index contributed by atoms with van der Waals surface area (Å²) in [6, 6.07) is 10.3. The molecule has 1 aromatic heterocycles. The maximum atomic E-state index is 13.8. The van der Waals surface area contributed by atoms with Gasteiger partial charge in [0.1, 0.15) is 11.6 Å². The molecule has 2 aromatic carbocycles. The Morgan fingerprint density at radius 2 is 1.80 bits per heavy atom. The molecule has 0 fully saturated rings. The second-order valence-corrected chi connectivity index (χ2v) is 4.45. The summed E-state index contributed by atoms with van der Waals surface area (Å²) >= 11 is 0. The Labute approximate surface area is 115 Å². The number of benzene rings is 2. The smallest absolute Gasteiger partial charge is 0.162 e. The second-order valence-electron chi connectivity index (χ2n) is 4.45. The lowest BCUT2D eigenvalue weighted by atomic mass is 10.0. The maximum Gasteiger partial charge on any atom is 0.162 e. The highest BCUT2D eigenvalue weighted by Crippen LogP contribution is 2.28. The summed E-state index contributed by atoms with van der Waals surface area (Å²) in [5.41, 5.74) is 12.8. The molecule has 0 bridgehead atoms. The Morgan fingerprint density at radius 1 is 1.05 bits per heavy atom. The van der Waals surface area contributed by atoms with E-state index in [4.69, 9.17) is 11.5 Å². The number of nitrogens with zero attached hydrogens (tertiary/aromatic N) is 2. The van der Waals surface area contributed by atoms with Crippen LogP contribution in [0.3, 0.4) is 0 Å². The fourth-order valence-electron chi connectivity index (χ4n) is 2.16. The molecular weight excluding hydrogens is 255 g/mol. The first-order valence-corrected chi connectivity index (χ1v) is 6.20. The molecule has 5 heteroatoms. The van der Waals surface area contributed by atoms with Crippen molar-refractivity contribution >= 4 is 16.6 Å². The van der Waals surface area contributed by atoms with Crippen LogP contribution in [0.1, 0.15) is 5.56 Å². The highest BCUT2D eigenvalue weighted by molar-refractivity contribution is 5.95. The first-order chi connectivity index (χ1) is 9.70. The topological polar surface area (TPSA) is 77.8 Å². The van der Waals surface area contributed by atoms with Gasteiger partial charge < -0.3 is 11.5 Å². The third-order valence-corrected chi connectivity index (χ3v) is 3.23. The lowest BCUT2D eigenvalue weighted by Gasteiger charge is -2.08. The average molecular weight is 268 g/mol. The van der Waals surface area contributed by atoms with Crippen LogP contribution in [0.25, 0.3) is 22.2 Å². The zero-order valence-corrected chi connectivity index (χ0v) is 10.7. The van der Waals surface area contributed by atoms with Gasteiger partial charge in [-0.1, -0.05) is 24.3 Å². The van der Waals surface area contributed by atoms with Crippen molar-refractivity contribution in [3.8, 4) is 11.4 Å². The summed E-state index contributed by atoms with van der Waals surface area (Å²) in [6.07, 6.45) is 1.61. The Kier molecular flexibility index (Phi) is 3.04. The number of nitrogens with two attached hydrogens (primary N) is 2. The highest BCUT2D eigenvalue weighted by Gasteiger charge is 2.11. The number of aromatic nitrogens is 2. The van der Waals surface area contributed by atoms with Crippen LogP contribution in [0.2, 0.25) is 0 Å². The van der Waals surface area contributed by atoms with Gasteiger partial charge in [-0.05, 0) is 17.5 Å². The molecule has 0 amide bonds. The summed E-state index contributed by atoms with van der Waals surface area (Å²) in [5.74, 6) is 0.553. The molecule has 3 rings (SSSR count). The summed E-state index contributed by atoms with van der Waals surface area (Å²) < 4.78 is 13.8. The molecule has 0 radical (unpaired) electrons. The van der Waals surface area contributed by atoms with Gasteiger partial charge in [0.05, 0.1) is 0 Å². The van der Waals surface area contributed by atoms with Crippen molar-refractivity contribution < 1.29 is 4.39 Å². The largest absolute Gasteiger partial charge is 0.383 e. The van der Waals surface area contributed by atoms with Gasteiger partial charge in [0.15, 0.2) is 5.82 Å². The first kappa shape index (κ1) is 12.5. The molecule has 0 saturated carbocycles. The fourth-order valence-corrected chi connectivity index (χ4v) is 2.16. The van der Waals surface area contributed by atoms with Crippen LogP contribution in [-0.4, -0.2) is 9.97 Å². The predicted molar refractivity (Wildman–Crippen MR) is 77.2 cm³/mol. The monoisotopic (exact) mass is 268 g/mol. The minimum absolute atomic E-state index is 0.268. The predicted octanol–water partition coefficient (Wildman–Crippen LogP) is 2.48. The molecule has 0 atom stereocenters. The molecule has 3 aromatic rings. The van der Waals surface area contributed by atoms with E-state index in [-0.39, 0.29) is 12.4 Å². The van der Waals surface area contributed by atoms with Crippen molar-refractivity contribution in [2.45, 2.75) is 6.54 Å². The number of halogens is 1. The Morgan fingerprint density at radius 3 is 2.50 bits per heavy atom. The van der Waals surface area contributed by atoms with E-state index in [1.807, 2.05) is 12.1 Å². The van der Waals surface area contributed by atoms with E-state index in [1.54, 1.807) is 24.4 Å². The van der Waals surface area contributed by atoms with Gasteiger partial charge in [-0.15, -0.1) is 0 Å². The van der Waals surface area contributed by atoms with Crippen LogP contribution in [0, 0.1) is 5.82 Å². The van der Waals surface area contributed by atoms with Crippen molar-refractivity contribution in [1.29, 1.82) is 0 Å². The minimum atomic E-state index is -0.268. The number of anilines is 1. The molecule has 1 heterocycles. The zero-order chi connectivity index (χ0) is 14.1. The molecule has 0 saturated heterocycles. The average Bonchev–Trinajstić information content (AvgIpc) is 2.48. The molecular formula is C15H13FN4. The molecule has 20 heavy (non-hydrogen) atoms. The van der Waals surface area contributed by atoms with Gasteiger partial charge in [0.25, 0.3) is 0 Å². The zero-order valence-electron chi connectivity index (χ0n) is 10.7. The van der Waals surface area contributed by atoms with Gasteiger partial charge >= 0.3 is 0 Å². The van der Waals surface area contributed by atoms with Gasteiger partial charge in [0.2, 0.25) is 0 Å². The standard InChI is InChI=1S/C15H13FN4/c16-13-6-5-12(10-3-1-2-4-11(10)13)15-19-8-9(7-17)14(18)20-15/h1-6,8H,7,17H2,(H2,18,19,20). The third kappa shape index (κ3) is 1.98. The third-order valence-electron chi connectivity index (χ3n) is 3.23. The van der Waals surface area contributed by atoms with Crippen molar-refractivity contribution in [3.05, 3.63) is 54.0 Å².